The van der Waals surface area contributed by atoms with Crippen LogP contribution in [0.5, 0.6) is 0 Å². The van der Waals surface area contributed by atoms with Crippen molar-refractivity contribution in [1.82, 2.24) is 10.2 Å². The van der Waals surface area contributed by atoms with Crippen molar-refractivity contribution in [2.75, 3.05) is 0 Å². The Labute approximate surface area is 216 Å². The van der Waals surface area contributed by atoms with Crippen molar-refractivity contribution < 1.29 is 14.0 Å². The molecule has 3 aromatic rings. The molecule has 0 radical (unpaired) electrons. The summed E-state index contributed by atoms with van der Waals surface area (Å²) in [6, 6.07) is 19.6. The van der Waals surface area contributed by atoms with Crippen LogP contribution in [0.2, 0.25) is 10.0 Å². The third-order valence-electron chi connectivity index (χ3n) is 5.39. The summed E-state index contributed by atoms with van der Waals surface area (Å²) < 4.78 is 13.5. The highest BCUT2D eigenvalue weighted by Gasteiger charge is 2.32. The third-order valence-corrected chi connectivity index (χ3v) is 5.98. The monoisotopic (exact) mass is 514 g/mol. The average Bonchev–Trinajstić information content (AvgIpc) is 2.78. The smallest absolute Gasteiger partial charge is 0.243 e. The van der Waals surface area contributed by atoms with Gasteiger partial charge in [0.25, 0.3) is 0 Å². The Kier molecular flexibility index (Phi) is 8.92. The van der Waals surface area contributed by atoms with E-state index in [9.17, 15) is 14.0 Å². The van der Waals surface area contributed by atoms with Crippen molar-refractivity contribution in [1.29, 1.82) is 0 Å². The van der Waals surface area contributed by atoms with Crippen molar-refractivity contribution in [3.63, 3.8) is 0 Å². The molecule has 4 nitrogen and oxygen atoms in total. The third kappa shape index (κ3) is 8.08. The van der Waals surface area contributed by atoms with Crippen molar-refractivity contribution in [2.45, 2.75) is 51.7 Å². The molecule has 3 rings (SSSR count). The predicted octanol–water partition coefficient (Wildman–Crippen LogP) is 6.23. The topological polar surface area (TPSA) is 49.4 Å². The molecule has 0 saturated heterocycles. The van der Waals surface area contributed by atoms with Gasteiger partial charge in [-0.2, -0.15) is 0 Å². The number of halogens is 3. The SMILES string of the molecule is CC(C)(C)NC(=O)[C@@H](Cc1ccccc1)N(Cc1ccc(F)cc1)C(=O)Cc1ccc(Cl)cc1Cl. The molecule has 0 aliphatic heterocycles. The van der Waals surface area contributed by atoms with Gasteiger partial charge in [0, 0.05) is 28.5 Å². The fraction of sp³-hybridized carbons (Fsp3) is 0.286. The highest BCUT2D eigenvalue weighted by atomic mass is 35.5. The lowest BCUT2D eigenvalue weighted by molar-refractivity contribution is -0.141. The second-order valence-corrected chi connectivity index (χ2v) is 10.3. The molecule has 7 heteroatoms. The fourth-order valence-electron chi connectivity index (χ4n) is 3.72. The number of amides is 2. The summed E-state index contributed by atoms with van der Waals surface area (Å²) in [7, 11) is 0. The van der Waals surface area contributed by atoms with E-state index in [1.165, 1.54) is 12.1 Å². The highest BCUT2D eigenvalue weighted by molar-refractivity contribution is 6.35. The molecule has 1 N–H and O–H groups in total. The second kappa shape index (κ2) is 11.7. The second-order valence-electron chi connectivity index (χ2n) is 9.51. The fourth-order valence-corrected chi connectivity index (χ4v) is 4.20. The lowest BCUT2D eigenvalue weighted by Gasteiger charge is -2.34. The Hall–Kier alpha value is -2.89. The van der Waals surface area contributed by atoms with Gasteiger partial charge in [0.2, 0.25) is 11.8 Å². The lowest BCUT2D eigenvalue weighted by Crippen LogP contribution is -2.54. The van der Waals surface area contributed by atoms with Crippen LogP contribution in [-0.2, 0) is 29.0 Å². The normalized spacial score (nSPS) is 12.2. The number of carbonyl (C=O) groups is 2. The van der Waals surface area contributed by atoms with E-state index in [0.717, 1.165) is 5.56 Å². The molecule has 0 aliphatic carbocycles. The summed E-state index contributed by atoms with van der Waals surface area (Å²) in [6.45, 7) is 5.82. The molecule has 0 aromatic heterocycles. The number of nitrogens with one attached hydrogen (secondary N) is 1. The molecule has 0 fully saturated rings. The largest absolute Gasteiger partial charge is 0.350 e. The first-order valence-electron chi connectivity index (χ1n) is 11.4. The van der Waals surface area contributed by atoms with Gasteiger partial charge in [0.05, 0.1) is 6.42 Å². The van der Waals surface area contributed by atoms with Crippen LogP contribution in [-0.4, -0.2) is 28.3 Å². The van der Waals surface area contributed by atoms with Gasteiger partial charge >= 0.3 is 0 Å². The molecule has 184 valence electrons. The van der Waals surface area contributed by atoms with Crippen LogP contribution in [0.15, 0.2) is 72.8 Å². The van der Waals surface area contributed by atoms with Gasteiger partial charge in [-0.05, 0) is 61.7 Å². The van der Waals surface area contributed by atoms with Crippen LogP contribution in [0.4, 0.5) is 4.39 Å². The summed E-state index contributed by atoms with van der Waals surface area (Å²) in [6.07, 6.45) is 0.315. The first kappa shape index (κ1) is 26.7. The first-order chi connectivity index (χ1) is 16.5. The molecule has 35 heavy (non-hydrogen) atoms. The van der Waals surface area contributed by atoms with E-state index in [4.69, 9.17) is 23.2 Å². The minimum atomic E-state index is -0.791. The van der Waals surface area contributed by atoms with Gasteiger partial charge in [-0.25, -0.2) is 4.39 Å². The minimum absolute atomic E-state index is 0.00865. The Morgan fingerprint density at radius 1 is 0.943 bits per heavy atom. The van der Waals surface area contributed by atoms with Crippen LogP contribution in [0.3, 0.4) is 0 Å². The Morgan fingerprint density at radius 2 is 1.60 bits per heavy atom. The van der Waals surface area contributed by atoms with E-state index < -0.39 is 11.6 Å². The maximum atomic E-state index is 13.7. The van der Waals surface area contributed by atoms with E-state index in [1.54, 1.807) is 35.2 Å². The molecule has 0 bridgehead atoms. The maximum Gasteiger partial charge on any atom is 0.243 e. The number of rotatable bonds is 8. The Morgan fingerprint density at radius 3 is 2.20 bits per heavy atom. The van der Waals surface area contributed by atoms with Gasteiger partial charge in [-0.3, -0.25) is 9.59 Å². The van der Waals surface area contributed by atoms with E-state index in [1.807, 2.05) is 51.1 Å². The molecule has 0 aliphatic rings. The van der Waals surface area contributed by atoms with Crippen LogP contribution in [0.1, 0.15) is 37.5 Å². The summed E-state index contributed by atoms with van der Waals surface area (Å²) in [4.78, 5) is 28.8. The number of carbonyl (C=O) groups excluding carboxylic acids is 2. The van der Waals surface area contributed by atoms with Gasteiger partial charge in [-0.1, -0.05) is 71.7 Å². The van der Waals surface area contributed by atoms with E-state index in [-0.39, 0.29) is 30.6 Å². The van der Waals surface area contributed by atoms with E-state index in [0.29, 0.717) is 27.6 Å². The van der Waals surface area contributed by atoms with Crippen LogP contribution >= 0.6 is 23.2 Å². The summed E-state index contributed by atoms with van der Waals surface area (Å²) in [5.41, 5.74) is 1.75. The van der Waals surface area contributed by atoms with E-state index in [2.05, 4.69) is 5.32 Å². The van der Waals surface area contributed by atoms with Gasteiger partial charge in [-0.15, -0.1) is 0 Å². The number of nitrogens with zero attached hydrogens (tertiary/aromatic N) is 1. The molecule has 0 heterocycles. The Bertz CT molecular complexity index is 1160. The van der Waals surface area contributed by atoms with Gasteiger partial charge < -0.3 is 10.2 Å². The molecule has 2 amide bonds. The number of hydrogen-bond acceptors (Lipinski definition) is 2. The molecule has 3 aromatic carbocycles. The zero-order valence-corrected chi connectivity index (χ0v) is 21.5. The first-order valence-corrected chi connectivity index (χ1v) is 12.1. The zero-order chi connectivity index (χ0) is 25.6. The van der Waals surface area contributed by atoms with Crippen molar-refractivity contribution in [3.8, 4) is 0 Å². The summed E-state index contributed by atoms with van der Waals surface area (Å²) in [5.74, 6) is -0.909. The summed E-state index contributed by atoms with van der Waals surface area (Å²) in [5, 5.41) is 3.87. The van der Waals surface area contributed by atoms with Crippen LogP contribution in [0, 0.1) is 5.82 Å². The average molecular weight is 515 g/mol. The molecular formula is C28H29Cl2FN2O2. The van der Waals surface area contributed by atoms with Crippen LogP contribution in [0.25, 0.3) is 0 Å². The van der Waals surface area contributed by atoms with Gasteiger partial charge in [0.1, 0.15) is 11.9 Å². The van der Waals surface area contributed by atoms with Crippen LogP contribution < -0.4 is 5.32 Å². The molecule has 0 unspecified atom stereocenters. The van der Waals surface area contributed by atoms with Crippen molar-refractivity contribution in [3.05, 3.63) is 105 Å². The van der Waals surface area contributed by atoms with Gasteiger partial charge in [0.15, 0.2) is 0 Å². The number of hydrogen-bond donors (Lipinski definition) is 1. The highest BCUT2D eigenvalue weighted by Crippen LogP contribution is 2.23. The number of benzene rings is 3. The van der Waals surface area contributed by atoms with E-state index >= 15 is 0 Å². The molecular weight excluding hydrogens is 486 g/mol. The predicted molar refractivity (Wildman–Crippen MR) is 139 cm³/mol. The van der Waals surface area contributed by atoms with Crippen molar-refractivity contribution >= 4 is 35.0 Å². The molecule has 0 saturated carbocycles. The van der Waals surface area contributed by atoms with Crippen molar-refractivity contribution in [2.24, 2.45) is 0 Å². The zero-order valence-electron chi connectivity index (χ0n) is 20.0. The maximum absolute atomic E-state index is 13.7. The quantitative estimate of drug-likeness (QED) is 0.387. The molecule has 0 spiro atoms. The molecule has 1 atom stereocenters. The minimum Gasteiger partial charge on any atom is -0.350 e. The Balaban J connectivity index is 2.00. The lowest BCUT2D eigenvalue weighted by atomic mass is 10.00. The standard InChI is InChI=1S/C28H29Cl2FN2O2/c1-28(2,3)32-27(35)25(15-19-7-5-4-6-8-19)33(18-20-9-13-23(31)14-10-20)26(34)16-21-11-12-22(29)17-24(21)30/h4-14,17,25H,15-16,18H2,1-3H3,(H,32,35)/t25-/m1/s1. The summed E-state index contributed by atoms with van der Waals surface area (Å²) >= 11 is 12.4.